The van der Waals surface area contributed by atoms with Crippen LogP contribution < -0.4 is 10.6 Å². The molecule has 0 unspecified atom stereocenters. The molecule has 7 heteroatoms. The van der Waals surface area contributed by atoms with Crippen molar-refractivity contribution < 1.29 is 23.9 Å². The molecule has 0 aliphatic rings. The van der Waals surface area contributed by atoms with Gasteiger partial charge in [-0.3, -0.25) is 14.4 Å². The zero-order valence-electron chi connectivity index (χ0n) is 18.2. The van der Waals surface area contributed by atoms with E-state index in [2.05, 4.69) is 10.6 Å². The molecule has 164 valence electrons. The van der Waals surface area contributed by atoms with Crippen LogP contribution >= 0.6 is 0 Å². The van der Waals surface area contributed by atoms with Gasteiger partial charge in [0.25, 0.3) is 5.91 Å². The topological polar surface area (TPSA) is 102 Å². The van der Waals surface area contributed by atoms with E-state index in [0.29, 0.717) is 11.3 Å². The SMILES string of the molecule is CC(=O)c1cccc(NC(=O)[C@H](C)OC(=O)[C@@H](NC(=O)Cc2ccccc2)C(C)C)c1. The summed E-state index contributed by atoms with van der Waals surface area (Å²) in [4.78, 5) is 48.9. The van der Waals surface area contributed by atoms with E-state index in [1.165, 1.54) is 13.8 Å². The Morgan fingerprint density at radius 1 is 0.935 bits per heavy atom. The summed E-state index contributed by atoms with van der Waals surface area (Å²) in [7, 11) is 0. The minimum absolute atomic E-state index is 0.124. The summed E-state index contributed by atoms with van der Waals surface area (Å²) in [6, 6.07) is 14.8. The lowest BCUT2D eigenvalue weighted by Crippen LogP contribution is -2.47. The van der Waals surface area contributed by atoms with Crippen LogP contribution in [0.5, 0.6) is 0 Å². The molecule has 2 amide bonds. The summed E-state index contributed by atoms with van der Waals surface area (Å²) in [6.07, 6.45) is -0.944. The lowest BCUT2D eigenvalue weighted by molar-refractivity contribution is -0.157. The molecule has 2 atom stereocenters. The van der Waals surface area contributed by atoms with E-state index in [-0.39, 0.29) is 24.0 Å². The summed E-state index contributed by atoms with van der Waals surface area (Å²) in [5.41, 5.74) is 1.72. The second-order valence-corrected chi connectivity index (χ2v) is 7.66. The smallest absolute Gasteiger partial charge is 0.329 e. The van der Waals surface area contributed by atoms with Gasteiger partial charge in [-0.15, -0.1) is 0 Å². The molecule has 2 N–H and O–H groups in total. The number of benzene rings is 2. The van der Waals surface area contributed by atoms with Crippen LogP contribution in [-0.2, 0) is 25.5 Å². The quantitative estimate of drug-likeness (QED) is 0.476. The molecule has 0 saturated heterocycles. The summed E-state index contributed by atoms with van der Waals surface area (Å²) >= 11 is 0. The monoisotopic (exact) mass is 424 g/mol. The molecule has 2 aromatic carbocycles. The molecule has 0 bridgehead atoms. The number of amides is 2. The fourth-order valence-corrected chi connectivity index (χ4v) is 2.86. The van der Waals surface area contributed by atoms with Gasteiger partial charge in [0, 0.05) is 11.3 Å². The lowest BCUT2D eigenvalue weighted by Gasteiger charge is -2.23. The highest BCUT2D eigenvalue weighted by Crippen LogP contribution is 2.13. The summed E-state index contributed by atoms with van der Waals surface area (Å²) in [5.74, 6) is -1.87. The fourth-order valence-electron chi connectivity index (χ4n) is 2.86. The molecule has 0 saturated carbocycles. The minimum Gasteiger partial charge on any atom is -0.451 e. The first kappa shape index (κ1) is 23.8. The van der Waals surface area contributed by atoms with Crippen LogP contribution in [-0.4, -0.2) is 35.7 Å². The van der Waals surface area contributed by atoms with Gasteiger partial charge >= 0.3 is 5.97 Å². The lowest BCUT2D eigenvalue weighted by atomic mass is 10.0. The highest BCUT2D eigenvalue weighted by Gasteiger charge is 2.29. The third-order valence-electron chi connectivity index (χ3n) is 4.64. The van der Waals surface area contributed by atoms with Crippen molar-refractivity contribution >= 4 is 29.3 Å². The number of esters is 1. The standard InChI is InChI=1S/C24H28N2O5/c1-15(2)22(26-21(28)13-18-9-6-5-7-10-18)24(30)31-17(4)23(29)25-20-12-8-11-19(14-20)16(3)27/h5-12,14-15,17,22H,13H2,1-4H3,(H,25,29)(H,26,28)/t17-,22-/m0/s1. The Balaban J connectivity index is 1.96. The number of nitrogens with one attached hydrogen (secondary N) is 2. The first-order chi connectivity index (χ1) is 14.7. The van der Waals surface area contributed by atoms with Crippen LogP contribution in [0, 0.1) is 5.92 Å². The molecule has 7 nitrogen and oxygen atoms in total. The maximum Gasteiger partial charge on any atom is 0.329 e. The Morgan fingerprint density at radius 2 is 1.61 bits per heavy atom. The number of carbonyl (C=O) groups excluding carboxylic acids is 4. The molecule has 2 aromatic rings. The van der Waals surface area contributed by atoms with Gasteiger partial charge in [-0.1, -0.05) is 56.3 Å². The van der Waals surface area contributed by atoms with E-state index >= 15 is 0 Å². The minimum atomic E-state index is -1.08. The third kappa shape index (κ3) is 7.37. The first-order valence-electron chi connectivity index (χ1n) is 10.1. The van der Waals surface area contributed by atoms with Gasteiger partial charge in [-0.2, -0.15) is 0 Å². The second kappa shape index (κ2) is 11.1. The zero-order chi connectivity index (χ0) is 23.0. The summed E-state index contributed by atoms with van der Waals surface area (Å²) in [6.45, 7) is 6.45. The van der Waals surface area contributed by atoms with Crippen molar-refractivity contribution in [1.82, 2.24) is 5.32 Å². The van der Waals surface area contributed by atoms with E-state index in [4.69, 9.17) is 4.74 Å². The largest absolute Gasteiger partial charge is 0.451 e. The Labute approximate surface area is 182 Å². The van der Waals surface area contributed by atoms with E-state index < -0.39 is 24.0 Å². The van der Waals surface area contributed by atoms with E-state index in [0.717, 1.165) is 5.56 Å². The molecule has 0 aliphatic heterocycles. The molecule has 0 spiro atoms. The number of ether oxygens (including phenoxy) is 1. The predicted molar refractivity (Wildman–Crippen MR) is 118 cm³/mol. The fraction of sp³-hybridized carbons (Fsp3) is 0.333. The first-order valence-corrected chi connectivity index (χ1v) is 10.1. The number of hydrogen-bond donors (Lipinski definition) is 2. The number of hydrogen-bond acceptors (Lipinski definition) is 5. The van der Waals surface area contributed by atoms with Crippen molar-refractivity contribution in [2.45, 2.75) is 46.3 Å². The normalized spacial score (nSPS) is 12.5. The van der Waals surface area contributed by atoms with Crippen LogP contribution in [0.2, 0.25) is 0 Å². The van der Waals surface area contributed by atoms with Gasteiger partial charge < -0.3 is 15.4 Å². The summed E-state index contributed by atoms with van der Waals surface area (Å²) in [5, 5.41) is 5.32. The van der Waals surface area contributed by atoms with Crippen LogP contribution in [0.25, 0.3) is 0 Å². The van der Waals surface area contributed by atoms with Crippen LogP contribution in [0.1, 0.15) is 43.6 Å². The van der Waals surface area contributed by atoms with Crippen molar-refractivity contribution in [1.29, 1.82) is 0 Å². The molecule has 2 rings (SSSR count). The number of anilines is 1. The highest BCUT2D eigenvalue weighted by molar-refractivity contribution is 5.98. The third-order valence-corrected chi connectivity index (χ3v) is 4.64. The number of Topliss-reactive ketones (excluding diaryl/α,β-unsaturated/α-hetero) is 1. The van der Waals surface area contributed by atoms with Crippen molar-refractivity contribution in [2.75, 3.05) is 5.32 Å². The number of rotatable bonds is 9. The van der Waals surface area contributed by atoms with Crippen LogP contribution in [0.4, 0.5) is 5.69 Å². The second-order valence-electron chi connectivity index (χ2n) is 7.66. The molecule has 0 fully saturated rings. The van der Waals surface area contributed by atoms with Crippen molar-refractivity contribution in [2.24, 2.45) is 5.92 Å². The van der Waals surface area contributed by atoms with E-state index in [9.17, 15) is 19.2 Å². The number of ketones is 1. The Morgan fingerprint density at radius 3 is 2.23 bits per heavy atom. The molecule has 0 radical (unpaired) electrons. The molecule has 0 heterocycles. The van der Waals surface area contributed by atoms with Crippen LogP contribution in [0.15, 0.2) is 54.6 Å². The maximum atomic E-state index is 12.6. The zero-order valence-corrected chi connectivity index (χ0v) is 18.2. The van der Waals surface area contributed by atoms with Crippen molar-refractivity contribution in [3.8, 4) is 0 Å². The Kier molecular flexibility index (Phi) is 8.49. The van der Waals surface area contributed by atoms with E-state index in [1.807, 2.05) is 30.3 Å². The summed E-state index contributed by atoms with van der Waals surface area (Å²) < 4.78 is 5.30. The average molecular weight is 424 g/mol. The van der Waals surface area contributed by atoms with Crippen molar-refractivity contribution in [3.63, 3.8) is 0 Å². The molecular weight excluding hydrogens is 396 g/mol. The predicted octanol–water partition coefficient (Wildman–Crippen LogP) is 3.14. The maximum absolute atomic E-state index is 12.6. The molecule has 0 aromatic heterocycles. The molecular formula is C24H28N2O5. The average Bonchev–Trinajstić information content (AvgIpc) is 2.72. The van der Waals surface area contributed by atoms with Gasteiger partial charge in [0.2, 0.25) is 5.91 Å². The van der Waals surface area contributed by atoms with Gasteiger partial charge in [-0.05, 0) is 37.5 Å². The number of carbonyl (C=O) groups is 4. The molecule has 0 aliphatic carbocycles. The van der Waals surface area contributed by atoms with Gasteiger partial charge in [-0.25, -0.2) is 4.79 Å². The Bertz CT molecular complexity index is 940. The molecule has 31 heavy (non-hydrogen) atoms. The van der Waals surface area contributed by atoms with Gasteiger partial charge in [0.1, 0.15) is 6.04 Å². The highest BCUT2D eigenvalue weighted by atomic mass is 16.5. The van der Waals surface area contributed by atoms with Crippen LogP contribution in [0.3, 0.4) is 0 Å². The van der Waals surface area contributed by atoms with Crippen molar-refractivity contribution in [3.05, 3.63) is 65.7 Å². The van der Waals surface area contributed by atoms with E-state index in [1.54, 1.807) is 38.1 Å². The Hall–Kier alpha value is -3.48. The van der Waals surface area contributed by atoms with Gasteiger partial charge in [0.05, 0.1) is 6.42 Å². The van der Waals surface area contributed by atoms with Gasteiger partial charge in [0.15, 0.2) is 11.9 Å².